The Labute approximate surface area is 120 Å². The highest BCUT2D eigenvalue weighted by Crippen LogP contribution is 2.60. The summed E-state index contributed by atoms with van der Waals surface area (Å²) >= 11 is 0. The zero-order chi connectivity index (χ0) is 13.9. The molecule has 0 aromatic rings. The van der Waals surface area contributed by atoms with Gasteiger partial charge in [-0.1, -0.05) is 19.1 Å². The molecular formula is C18H24O2. The molecule has 0 aliphatic heterocycles. The quantitative estimate of drug-likeness (QED) is 0.735. The number of ketones is 1. The first-order valence-electron chi connectivity index (χ1n) is 8.20. The maximum absolute atomic E-state index is 11.6. The number of carbonyl (C=O) groups excluding carboxylic acids is 1. The molecule has 108 valence electrons. The largest absolute Gasteiger partial charge is 0.393 e. The van der Waals surface area contributed by atoms with Gasteiger partial charge in [-0.25, -0.2) is 0 Å². The molecule has 4 aliphatic carbocycles. The van der Waals surface area contributed by atoms with Crippen LogP contribution in [0.25, 0.3) is 0 Å². The first kappa shape index (κ1) is 12.8. The van der Waals surface area contributed by atoms with Crippen LogP contribution in [0.2, 0.25) is 0 Å². The Bertz CT molecular complexity index is 504. The summed E-state index contributed by atoms with van der Waals surface area (Å²) in [4.78, 5) is 11.6. The lowest BCUT2D eigenvalue weighted by Gasteiger charge is -2.51. The molecule has 0 radical (unpaired) electrons. The van der Waals surface area contributed by atoms with Crippen molar-refractivity contribution in [3.8, 4) is 0 Å². The lowest BCUT2D eigenvalue weighted by Crippen LogP contribution is -2.46. The highest BCUT2D eigenvalue weighted by molar-refractivity contribution is 5.91. The van der Waals surface area contributed by atoms with Crippen LogP contribution in [-0.2, 0) is 4.79 Å². The van der Waals surface area contributed by atoms with E-state index in [1.165, 1.54) is 18.4 Å². The molecule has 2 saturated carbocycles. The second kappa shape index (κ2) is 4.30. The molecule has 0 spiro atoms. The van der Waals surface area contributed by atoms with Gasteiger partial charge in [-0.2, -0.15) is 0 Å². The summed E-state index contributed by atoms with van der Waals surface area (Å²) in [6.45, 7) is 2.30. The van der Waals surface area contributed by atoms with Gasteiger partial charge in [0.25, 0.3) is 0 Å². The van der Waals surface area contributed by atoms with Gasteiger partial charge in [-0.05, 0) is 72.8 Å². The van der Waals surface area contributed by atoms with Crippen LogP contribution in [0.3, 0.4) is 0 Å². The Balaban J connectivity index is 1.69. The van der Waals surface area contributed by atoms with Gasteiger partial charge in [0.05, 0.1) is 6.10 Å². The molecule has 6 atom stereocenters. The van der Waals surface area contributed by atoms with Crippen LogP contribution in [0.15, 0.2) is 23.8 Å². The molecular weight excluding hydrogens is 248 g/mol. The standard InChI is InChI=1S/C18H24O2/c1-18-9-8-14-13-5-3-12(19)10-11(13)2-4-15(14)16(18)6-7-17(18)20/h2,4,10,13-17,20H,3,5-9H2,1H3. The molecule has 0 saturated heterocycles. The van der Waals surface area contributed by atoms with Crippen LogP contribution in [-0.4, -0.2) is 17.0 Å². The fourth-order valence-electron chi connectivity index (χ4n) is 5.63. The molecule has 2 heteroatoms. The van der Waals surface area contributed by atoms with Crippen molar-refractivity contribution in [2.75, 3.05) is 0 Å². The number of hydrogen-bond donors (Lipinski definition) is 1. The molecule has 2 fully saturated rings. The first-order valence-corrected chi connectivity index (χ1v) is 8.20. The molecule has 4 aliphatic rings. The van der Waals surface area contributed by atoms with Crippen LogP contribution in [0.1, 0.15) is 45.4 Å². The van der Waals surface area contributed by atoms with Crippen LogP contribution >= 0.6 is 0 Å². The molecule has 20 heavy (non-hydrogen) atoms. The van der Waals surface area contributed by atoms with Crippen molar-refractivity contribution >= 4 is 5.78 Å². The highest BCUT2D eigenvalue weighted by atomic mass is 16.3. The van der Waals surface area contributed by atoms with E-state index in [9.17, 15) is 9.90 Å². The topological polar surface area (TPSA) is 37.3 Å². The Morgan fingerprint density at radius 1 is 1.25 bits per heavy atom. The van der Waals surface area contributed by atoms with E-state index in [-0.39, 0.29) is 11.5 Å². The number of hydrogen-bond acceptors (Lipinski definition) is 2. The van der Waals surface area contributed by atoms with E-state index in [0.717, 1.165) is 25.7 Å². The Kier molecular flexibility index (Phi) is 2.76. The monoisotopic (exact) mass is 272 g/mol. The van der Waals surface area contributed by atoms with Crippen molar-refractivity contribution in [2.45, 2.75) is 51.6 Å². The minimum absolute atomic E-state index is 0.105. The molecule has 1 N–H and O–H groups in total. The summed E-state index contributed by atoms with van der Waals surface area (Å²) in [5.41, 5.74) is 1.42. The van der Waals surface area contributed by atoms with Gasteiger partial charge < -0.3 is 5.11 Å². The Hall–Kier alpha value is -0.890. The van der Waals surface area contributed by atoms with Gasteiger partial charge in [0, 0.05) is 6.42 Å². The van der Waals surface area contributed by atoms with E-state index in [2.05, 4.69) is 19.1 Å². The van der Waals surface area contributed by atoms with E-state index in [1.54, 1.807) is 0 Å². The Morgan fingerprint density at radius 3 is 2.95 bits per heavy atom. The summed E-state index contributed by atoms with van der Waals surface area (Å²) in [6, 6.07) is 0. The van der Waals surface area contributed by atoms with Crippen molar-refractivity contribution in [1.29, 1.82) is 0 Å². The lowest BCUT2D eigenvalue weighted by atomic mass is 9.54. The van der Waals surface area contributed by atoms with Crippen molar-refractivity contribution in [3.63, 3.8) is 0 Å². The normalized spacial score (nSPS) is 50.2. The third kappa shape index (κ3) is 1.64. The van der Waals surface area contributed by atoms with E-state index < -0.39 is 0 Å². The minimum Gasteiger partial charge on any atom is -0.393 e. The predicted octanol–water partition coefficient (Wildman–Crippen LogP) is 3.27. The number of allylic oxidation sites excluding steroid dienone is 4. The van der Waals surface area contributed by atoms with Crippen molar-refractivity contribution < 1.29 is 9.90 Å². The smallest absolute Gasteiger partial charge is 0.155 e. The SMILES string of the molecule is CC12CCC3C4CCC(=O)C=C4C=CC3C1CCC2O. The number of carbonyl (C=O) groups is 1. The number of rotatable bonds is 0. The second-order valence-electron chi connectivity index (χ2n) is 7.60. The van der Waals surface area contributed by atoms with Gasteiger partial charge in [0.1, 0.15) is 0 Å². The summed E-state index contributed by atoms with van der Waals surface area (Å²) in [6.07, 6.45) is 12.7. The van der Waals surface area contributed by atoms with Crippen molar-refractivity contribution in [2.24, 2.45) is 29.1 Å². The third-order valence-corrected chi connectivity index (χ3v) is 6.82. The van der Waals surface area contributed by atoms with Gasteiger partial charge in [0.2, 0.25) is 0 Å². The van der Waals surface area contributed by atoms with Gasteiger partial charge >= 0.3 is 0 Å². The zero-order valence-corrected chi connectivity index (χ0v) is 12.2. The van der Waals surface area contributed by atoms with Gasteiger partial charge in [-0.3, -0.25) is 4.79 Å². The maximum Gasteiger partial charge on any atom is 0.155 e. The fourth-order valence-corrected chi connectivity index (χ4v) is 5.63. The van der Waals surface area contributed by atoms with Crippen molar-refractivity contribution in [1.82, 2.24) is 0 Å². The Morgan fingerprint density at radius 2 is 2.10 bits per heavy atom. The predicted molar refractivity (Wildman–Crippen MR) is 78.0 cm³/mol. The average Bonchev–Trinajstić information content (AvgIpc) is 2.74. The molecule has 6 unspecified atom stereocenters. The summed E-state index contributed by atoms with van der Waals surface area (Å²) in [7, 11) is 0. The zero-order valence-electron chi connectivity index (χ0n) is 12.2. The van der Waals surface area contributed by atoms with Crippen molar-refractivity contribution in [3.05, 3.63) is 23.8 Å². The summed E-state index contributed by atoms with van der Waals surface area (Å²) in [5, 5.41) is 10.4. The molecule has 0 amide bonds. The first-order chi connectivity index (χ1) is 9.59. The van der Waals surface area contributed by atoms with E-state index in [4.69, 9.17) is 0 Å². The molecule has 0 aromatic heterocycles. The summed E-state index contributed by atoms with van der Waals surface area (Å²) in [5.74, 6) is 2.89. The second-order valence-corrected chi connectivity index (χ2v) is 7.60. The highest BCUT2D eigenvalue weighted by Gasteiger charge is 2.54. The molecule has 0 aromatic carbocycles. The van der Waals surface area contributed by atoms with Crippen LogP contribution in [0.5, 0.6) is 0 Å². The molecule has 0 heterocycles. The van der Waals surface area contributed by atoms with Crippen LogP contribution in [0, 0.1) is 29.1 Å². The number of aliphatic hydroxyl groups excluding tert-OH is 1. The van der Waals surface area contributed by atoms with E-state index in [1.807, 2.05) is 6.08 Å². The van der Waals surface area contributed by atoms with Crippen LogP contribution < -0.4 is 0 Å². The molecule has 4 rings (SSSR count). The van der Waals surface area contributed by atoms with Gasteiger partial charge in [0.15, 0.2) is 5.78 Å². The number of aliphatic hydroxyl groups is 1. The summed E-state index contributed by atoms with van der Waals surface area (Å²) < 4.78 is 0. The molecule has 0 bridgehead atoms. The maximum atomic E-state index is 11.6. The van der Waals surface area contributed by atoms with Gasteiger partial charge in [-0.15, -0.1) is 0 Å². The average molecular weight is 272 g/mol. The minimum atomic E-state index is -0.105. The van der Waals surface area contributed by atoms with E-state index in [0.29, 0.717) is 29.5 Å². The van der Waals surface area contributed by atoms with E-state index >= 15 is 0 Å². The fraction of sp³-hybridized carbons (Fsp3) is 0.722. The lowest BCUT2D eigenvalue weighted by molar-refractivity contribution is -0.115. The van der Waals surface area contributed by atoms with Crippen LogP contribution in [0.4, 0.5) is 0 Å². The molecule has 2 nitrogen and oxygen atoms in total. The third-order valence-electron chi connectivity index (χ3n) is 6.82. The number of fused-ring (bicyclic) bond motifs is 5.